The van der Waals surface area contributed by atoms with E-state index in [1.54, 1.807) is 24.3 Å². The highest BCUT2D eigenvalue weighted by Crippen LogP contribution is 2.34. The van der Waals surface area contributed by atoms with Crippen molar-refractivity contribution in [2.75, 3.05) is 18.5 Å². The van der Waals surface area contributed by atoms with Crippen molar-refractivity contribution in [1.82, 2.24) is 10.2 Å². The number of nitrogens with zero attached hydrogens (tertiary/aromatic N) is 2. The Kier molecular flexibility index (Phi) is 5.59. The van der Waals surface area contributed by atoms with Crippen LogP contribution in [0.15, 0.2) is 24.3 Å². The molecule has 1 saturated carbocycles. The molecule has 3 rings (SSSR count). The minimum absolute atomic E-state index is 0.274. The number of rotatable bonds is 6. The Hall–Kier alpha value is -3.41. The van der Waals surface area contributed by atoms with Gasteiger partial charge in [-0.2, -0.15) is 5.26 Å². The molecule has 0 bridgehead atoms. The second kappa shape index (κ2) is 8.08. The van der Waals surface area contributed by atoms with Crippen molar-refractivity contribution in [2.24, 2.45) is 0 Å². The van der Waals surface area contributed by atoms with E-state index < -0.39 is 42.5 Å². The number of amides is 4. The lowest BCUT2D eigenvalue weighted by Gasteiger charge is -2.19. The van der Waals surface area contributed by atoms with Gasteiger partial charge >= 0.3 is 12.0 Å². The summed E-state index contributed by atoms with van der Waals surface area (Å²) in [6.07, 6.45) is 3.11. The molecule has 9 nitrogen and oxygen atoms in total. The molecule has 146 valence electrons. The van der Waals surface area contributed by atoms with Crippen LogP contribution in [0.1, 0.15) is 31.2 Å². The summed E-state index contributed by atoms with van der Waals surface area (Å²) in [5.74, 6) is -1.79. The summed E-state index contributed by atoms with van der Waals surface area (Å²) < 4.78 is 4.88. The topological polar surface area (TPSA) is 129 Å². The highest BCUT2D eigenvalue weighted by Gasteiger charge is 2.52. The van der Waals surface area contributed by atoms with E-state index in [1.165, 1.54) is 0 Å². The highest BCUT2D eigenvalue weighted by atomic mass is 16.5. The van der Waals surface area contributed by atoms with Crippen LogP contribution in [0.2, 0.25) is 0 Å². The SMILES string of the molecule is N#CCc1ccc(NC(=O)COC(=O)CN2C(=O)NC3(CCCC3)C2=O)cc1. The molecule has 2 N–H and O–H groups in total. The highest BCUT2D eigenvalue weighted by molar-refractivity contribution is 6.09. The quantitative estimate of drug-likeness (QED) is 0.558. The third-order valence-electron chi connectivity index (χ3n) is 4.88. The van der Waals surface area contributed by atoms with Gasteiger partial charge in [0.25, 0.3) is 11.8 Å². The third-order valence-corrected chi connectivity index (χ3v) is 4.88. The predicted octanol–water partition coefficient (Wildman–Crippen LogP) is 1.10. The van der Waals surface area contributed by atoms with Crippen LogP contribution in [0, 0.1) is 11.3 Å². The first-order valence-electron chi connectivity index (χ1n) is 8.99. The Balaban J connectivity index is 1.46. The minimum Gasteiger partial charge on any atom is -0.454 e. The molecule has 0 radical (unpaired) electrons. The molecule has 2 fully saturated rings. The van der Waals surface area contributed by atoms with Gasteiger partial charge in [0, 0.05) is 5.69 Å². The van der Waals surface area contributed by atoms with E-state index in [0.717, 1.165) is 23.3 Å². The van der Waals surface area contributed by atoms with E-state index in [1.807, 2.05) is 6.07 Å². The molecular formula is C19H20N4O5. The summed E-state index contributed by atoms with van der Waals surface area (Å²) in [6, 6.07) is 8.12. The maximum Gasteiger partial charge on any atom is 0.326 e. The number of carbonyl (C=O) groups excluding carboxylic acids is 4. The average molecular weight is 384 g/mol. The molecule has 0 atom stereocenters. The largest absolute Gasteiger partial charge is 0.454 e. The normalized spacial score (nSPS) is 17.3. The van der Waals surface area contributed by atoms with Crippen LogP contribution in [0.3, 0.4) is 0 Å². The van der Waals surface area contributed by atoms with Gasteiger partial charge in [0.2, 0.25) is 0 Å². The fraction of sp³-hybridized carbons (Fsp3) is 0.421. The number of nitriles is 1. The van der Waals surface area contributed by atoms with Crippen LogP contribution in [0.4, 0.5) is 10.5 Å². The van der Waals surface area contributed by atoms with Crippen LogP contribution in [0.5, 0.6) is 0 Å². The van der Waals surface area contributed by atoms with Crippen molar-refractivity contribution >= 4 is 29.5 Å². The van der Waals surface area contributed by atoms with Crippen molar-refractivity contribution in [3.8, 4) is 6.07 Å². The molecule has 1 aromatic carbocycles. The number of hydrogen-bond donors (Lipinski definition) is 2. The van der Waals surface area contributed by atoms with E-state index in [2.05, 4.69) is 10.6 Å². The number of imide groups is 1. The van der Waals surface area contributed by atoms with Gasteiger partial charge in [0.05, 0.1) is 12.5 Å². The lowest BCUT2D eigenvalue weighted by molar-refractivity contribution is -0.150. The maximum absolute atomic E-state index is 12.5. The first-order chi connectivity index (χ1) is 13.4. The zero-order valence-corrected chi connectivity index (χ0v) is 15.2. The summed E-state index contributed by atoms with van der Waals surface area (Å²) >= 11 is 0. The Labute approximate surface area is 161 Å². The first kappa shape index (κ1) is 19.4. The van der Waals surface area contributed by atoms with Crippen LogP contribution in [-0.4, -0.2) is 47.4 Å². The maximum atomic E-state index is 12.5. The number of nitrogens with one attached hydrogen (secondary N) is 2. The molecule has 1 spiro atoms. The third kappa shape index (κ3) is 4.11. The van der Waals surface area contributed by atoms with E-state index >= 15 is 0 Å². The second-order valence-electron chi connectivity index (χ2n) is 6.85. The number of anilines is 1. The molecule has 0 unspecified atom stereocenters. The number of esters is 1. The Morgan fingerprint density at radius 3 is 2.54 bits per heavy atom. The first-order valence-corrected chi connectivity index (χ1v) is 8.99. The molecule has 1 aliphatic carbocycles. The molecule has 0 aromatic heterocycles. The van der Waals surface area contributed by atoms with E-state index in [9.17, 15) is 19.2 Å². The standard InChI is InChI=1S/C19H20N4O5/c20-10-7-13-3-5-14(6-4-13)21-15(24)12-28-16(25)11-23-17(26)19(22-18(23)27)8-1-2-9-19/h3-6H,1-2,7-9,11-12H2,(H,21,24)(H,22,27). The minimum atomic E-state index is -0.882. The van der Waals surface area contributed by atoms with Gasteiger partial charge in [0.15, 0.2) is 6.61 Å². The van der Waals surface area contributed by atoms with Crippen LogP contribution >= 0.6 is 0 Å². The Morgan fingerprint density at radius 1 is 1.21 bits per heavy atom. The molecule has 1 heterocycles. The number of urea groups is 1. The number of benzene rings is 1. The summed E-state index contributed by atoms with van der Waals surface area (Å²) in [4.78, 5) is 49.2. The van der Waals surface area contributed by atoms with E-state index in [0.29, 0.717) is 18.5 Å². The summed E-state index contributed by atoms with van der Waals surface area (Å²) in [7, 11) is 0. The lowest BCUT2D eigenvalue weighted by Crippen LogP contribution is -2.44. The zero-order valence-electron chi connectivity index (χ0n) is 15.2. The van der Waals surface area contributed by atoms with E-state index in [-0.39, 0.29) is 6.42 Å². The number of ether oxygens (including phenoxy) is 1. The molecular weight excluding hydrogens is 364 g/mol. The van der Waals surface area contributed by atoms with Crippen molar-refractivity contribution in [1.29, 1.82) is 5.26 Å². The fourth-order valence-corrected chi connectivity index (χ4v) is 3.45. The predicted molar refractivity (Wildman–Crippen MR) is 96.8 cm³/mol. The number of hydrogen-bond acceptors (Lipinski definition) is 6. The fourth-order valence-electron chi connectivity index (χ4n) is 3.45. The Bertz CT molecular complexity index is 837. The van der Waals surface area contributed by atoms with Gasteiger partial charge in [-0.15, -0.1) is 0 Å². The molecule has 9 heteroatoms. The van der Waals surface area contributed by atoms with Crippen molar-refractivity contribution in [3.05, 3.63) is 29.8 Å². The van der Waals surface area contributed by atoms with Crippen molar-refractivity contribution < 1.29 is 23.9 Å². The Morgan fingerprint density at radius 2 is 1.89 bits per heavy atom. The van der Waals surface area contributed by atoms with Crippen LogP contribution < -0.4 is 10.6 Å². The average Bonchev–Trinajstić information content (AvgIpc) is 3.23. The monoisotopic (exact) mass is 384 g/mol. The van der Waals surface area contributed by atoms with E-state index in [4.69, 9.17) is 10.00 Å². The van der Waals surface area contributed by atoms with Crippen LogP contribution in [0.25, 0.3) is 0 Å². The van der Waals surface area contributed by atoms with Gasteiger partial charge in [0.1, 0.15) is 12.1 Å². The van der Waals surface area contributed by atoms with Crippen molar-refractivity contribution in [3.63, 3.8) is 0 Å². The number of carbonyl (C=O) groups is 4. The smallest absolute Gasteiger partial charge is 0.326 e. The lowest BCUT2D eigenvalue weighted by atomic mass is 9.98. The zero-order chi connectivity index (χ0) is 20.1. The molecule has 28 heavy (non-hydrogen) atoms. The van der Waals surface area contributed by atoms with Gasteiger partial charge in [-0.25, -0.2) is 4.79 Å². The molecule has 4 amide bonds. The molecule has 1 aliphatic heterocycles. The summed E-state index contributed by atoms with van der Waals surface area (Å²) in [5.41, 5.74) is 0.437. The van der Waals surface area contributed by atoms with Gasteiger partial charge in [-0.1, -0.05) is 25.0 Å². The molecule has 1 saturated heterocycles. The summed E-state index contributed by atoms with van der Waals surface area (Å²) in [6.45, 7) is -1.06. The van der Waals surface area contributed by atoms with Gasteiger partial charge in [-0.3, -0.25) is 19.3 Å². The molecule has 1 aromatic rings. The molecule has 2 aliphatic rings. The second-order valence-corrected chi connectivity index (χ2v) is 6.85. The summed E-state index contributed by atoms with van der Waals surface area (Å²) in [5, 5.41) is 13.9. The van der Waals surface area contributed by atoms with Crippen LogP contribution in [-0.2, 0) is 25.5 Å². The van der Waals surface area contributed by atoms with Gasteiger partial charge in [-0.05, 0) is 30.5 Å². The van der Waals surface area contributed by atoms with Crippen molar-refractivity contribution in [2.45, 2.75) is 37.6 Å². The van der Waals surface area contributed by atoms with Gasteiger partial charge < -0.3 is 15.4 Å².